The van der Waals surface area contributed by atoms with Crippen molar-refractivity contribution in [1.29, 1.82) is 0 Å². The van der Waals surface area contributed by atoms with Crippen molar-refractivity contribution < 1.29 is 18.0 Å². The largest absolute Gasteiger partial charge is 0.339 e. The van der Waals surface area contributed by atoms with Crippen LogP contribution >= 0.6 is 11.8 Å². The molecule has 0 spiro atoms. The van der Waals surface area contributed by atoms with E-state index in [1.807, 2.05) is 4.72 Å². The van der Waals surface area contributed by atoms with E-state index in [0.717, 1.165) is 30.4 Å². The third kappa shape index (κ3) is 18.2. The lowest BCUT2D eigenvalue weighted by molar-refractivity contribution is -0.120. The number of carbonyl (C=O) groups excluding carboxylic acids is 2. The molecule has 8 heteroatoms. The Morgan fingerprint density at radius 2 is 1.46 bits per heavy atom. The number of allylic oxidation sites excluding steroid dienone is 1. The van der Waals surface area contributed by atoms with E-state index in [0.29, 0.717) is 11.3 Å². The van der Waals surface area contributed by atoms with Gasteiger partial charge in [0.15, 0.2) is 0 Å². The summed E-state index contributed by atoms with van der Waals surface area (Å²) in [7, 11) is -3.72. The number of thioether (sulfide) groups is 1. The van der Waals surface area contributed by atoms with Crippen LogP contribution in [0.1, 0.15) is 103 Å². The number of hydrogen-bond donors (Lipinski definition) is 2. The second-order valence-electron chi connectivity index (χ2n) is 11.6. The average molecular weight is 581 g/mol. The van der Waals surface area contributed by atoms with Crippen molar-refractivity contribution in [3.05, 3.63) is 47.5 Å². The van der Waals surface area contributed by atoms with Crippen molar-refractivity contribution >= 4 is 33.6 Å². The van der Waals surface area contributed by atoms with Crippen LogP contribution in [0.5, 0.6) is 0 Å². The monoisotopic (exact) mass is 580 g/mol. The van der Waals surface area contributed by atoms with Gasteiger partial charge in [-0.05, 0) is 49.7 Å². The van der Waals surface area contributed by atoms with Gasteiger partial charge in [0, 0.05) is 17.1 Å². The van der Waals surface area contributed by atoms with Crippen molar-refractivity contribution in [2.45, 2.75) is 98.4 Å². The maximum atomic E-state index is 12.5. The van der Waals surface area contributed by atoms with Crippen LogP contribution in [0.3, 0.4) is 0 Å². The summed E-state index contributed by atoms with van der Waals surface area (Å²) < 4.78 is 25.1. The summed E-state index contributed by atoms with van der Waals surface area (Å²) in [6, 6.07) is 7.62. The van der Waals surface area contributed by atoms with Gasteiger partial charge in [-0.15, -0.1) is 0 Å². The lowest BCUT2D eigenvalue weighted by Crippen LogP contribution is -2.49. The first-order valence-electron chi connectivity index (χ1n) is 14.5. The molecule has 1 aromatic rings. The predicted octanol–water partition coefficient (Wildman–Crippen LogP) is 6.98. The first-order chi connectivity index (χ1) is 18.4. The molecule has 0 heterocycles. The summed E-state index contributed by atoms with van der Waals surface area (Å²) in [6.07, 6.45) is 14.6. The van der Waals surface area contributed by atoms with E-state index in [-0.39, 0.29) is 5.75 Å². The molecule has 6 nitrogen and oxygen atoms in total. The summed E-state index contributed by atoms with van der Waals surface area (Å²) in [5.74, 6) is 2.22. The molecule has 39 heavy (non-hydrogen) atoms. The molecule has 0 aromatic heterocycles. The minimum atomic E-state index is -3.72. The molecule has 3 atom stereocenters. The van der Waals surface area contributed by atoms with Crippen LogP contribution < -0.4 is 10.0 Å². The third-order valence-corrected chi connectivity index (χ3v) is 8.46. The lowest BCUT2D eigenvalue weighted by Gasteiger charge is -2.17. The Balaban J connectivity index is 2.38. The first kappa shape index (κ1) is 35.2. The first-order valence-corrected chi connectivity index (χ1v) is 17.5. The summed E-state index contributed by atoms with van der Waals surface area (Å²) in [5, 5.41) is 2.67. The Morgan fingerprint density at radius 1 is 0.897 bits per heavy atom. The van der Waals surface area contributed by atoms with Crippen molar-refractivity contribution in [2.75, 3.05) is 17.8 Å². The molecule has 2 N–H and O–H groups in total. The van der Waals surface area contributed by atoms with E-state index >= 15 is 0 Å². The highest BCUT2D eigenvalue weighted by Crippen LogP contribution is 2.22. The molecule has 0 radical (unpaired) electrons. The normalized spacial score (nSPS) is 14.6. The van der Waals surface area contributed by atoms with E-state index in [1.54, 1.807) is 30.3 Å². The van der Waals surface area contributed by atoms with Crippen molar-refractivity contribution in [1.82, 2.24) is 10.0 Å². The average Bonchev–Trinajstić information content (AvgIpc) is 2.85. The summed E-state index contributed by atoms with van der Waals surface area (Å²) >= 11 is 1.49. The Bertz CT molecular complexity index is 978. The molecule has 2 amide bonds. The molecular weight excluding hydrogens is 528 g/mol. The highest BCUT2D eigenvalue weighted by Gasteiger charge is 2.23. The number of rotatable bonds is 20. The topological polar surface area (TPSA) is 92.3 Å². The SMILES string of the molecule is C/C(=C\CSCC(NC(=O)c1ccccc1)C(=O)NS(C)(=O)=O)CCCC(C)CCCC(C)CCCC(C)C. The van der Waals surface area contributed by atoms with Crippen LogP contribution in [-0.4, -0.2) is 44.0 Å². The fraction of sp³-hybridized carbons (Fsp3) is 0.677. The zero-order valence-electron chi connectivity index (χ0n) is 25.0. The van der Waals surface area contributed by atoms with Gasteiger partial charge in [0.2, 0.25) is 10.0 Å². The molecule has 0 aliphatic carbocycles. The highest BCUT2D eigenvalue weighted by molar-refractivity contribution is 7.99. The summed E-state index contributed by atoms with van der Waals surface area (Å²) in [5.41, 5.74) is 1.74. The summed E-state index contributed by atoms with van der Waals surface area (Å²) in [6.45, 7) is 11.5. The standard InChI is InChI=1S/C31H52N2O4S2/c1-24(2)13-10-14-25(3)15-11-16-26(4)17-12-18-27(5)21-22-38-23-29(31(35)33-39(6,36)37)32-30(34)28-19-8-7-9-20-28/h7-9,19-21,24-26,29H,10-18,22-23H2,1-6H3,(H,32,34)(H,33,35)/b27-21+. The number of nitrogens with one attached hydrogen (secondary N) is 2. The Hall–Kier alpha value is -1.80. The van der Waals surface area contributed by atoms with Crippen molar-refractivity contribution in [2.24, 2.45) is 17.8 Å². The van der Waals surface area contributed by atoms with Crippen molar-refractivity contribution in [3.63, 3.8) is 0 Å². The molecule has 222 valence electrons. The van der Waals surface area contributed by atoms with Crippen LogP contribution in [0, 0.1) is 17.8 Å². The van der Waals surface area contributed by atoms with Gasteiger partial charge in [0.25, 0.3) is 11.8 Å². The van der Waals surface area contributed by atoms with Gasteiger partial charge in [-0.25, -0.2) is 8.42 Å². The molecule has 0 saturated heterocycles. The van der Waals surface area contributed by atoms with Crippen LogP contribution in [0.25, 0.3) is 0 Å². The van der Waals surface area contributed by atoms with Crippen LogP contribution in [0.4, 0.5) is 0 Å². The predicted molar refractivity (Wildman–Crippen MR) is 166 cm³/mol. The quantitative estimate of drug-likeness (QED) is 0.128. The van der Waals surface area contributed by atoms with Crippen LogP contribution in [-0.2, 0) is 14.8 Å². The van der Waals surface area contributed by atoms with E-state index in [2.05, 4.69) is 46.0 Å². The molecule has 0 aliphatic heterocycles. The van der Waals surface area contributed by atoms with Gasteiger partial charge < -0.3 is 5.32 Å². The molecule has 0 saturated carbocycles. The number of benzene rings is 1. The van der Waals surface area contributed by atoms with Gasteiger partial charge in [0.1, 0.15) is 6.04 Å². The molecule has 1 rings (SSSR count). The van der Waals surface area contributed by atoms with E-state index in [1.165, 1.54) is 68.7 Å². The van der Waals surface area contributed by atoms with Crippen LogP contribution in [0.2, 0.25) is 0 Å². The minimum absolute atomic E-state index is 0.274. The van der Waals surface area contributed by atoms with E-state index < -0.39 is 27.9 Å². The molecule has 0 bridgehead atoms. The minimum Gasteiger partial charge on any atom is -0.339 e. The number of carbonyl (C=O) groups is 2. The fourth-order valence-electron chi connectivity index (χ4n) is 4.46. The molecule has 3 unspecified atom stereocenters. The number of sulfonamides is 1. The van der Waals surface area contributed by atoms with Gasteiger partial charge >= 0.3 is 0 Å². The lowest BCUT2D eigenvalue weighted by atomic mass is 9.91. The molecule has 0 aliphatic rings. The van der Waals surface area contributed by atoms with Gasteiger partial charge in [-0.2, -0.15) is 11.8 Å². The molecule has 1 aromatic carbocycles. The second-order valence-corrected chi connectivity index (χ2v) is 14.4. The van der Waals surface area contributed by atoms with Gasteiger partial charge in [0.05, 0.1) is 6.26 Å². The fourth-order valence-corrected chi connectivity index (χ4v) is 5.98. The number of hydrogen-bond acceptors (Lipinski definition) is 5. The maximum Gasteiger partial charge on any atom is 0.256 e. The second kappa shape index (κ2) is 19.3. The number of amides is 2. The third-order valence-electron chi connectivity index (χ3n) is 6.92. The Morgan fingerprint density at radius 3 is 2.03 bits per heavy atom. The smallest absolute Gasteiger partial charge is 0.256 e. The van der Waals surface area contributed by atoms with E-state index in [9.17, 15) is 18.0 Å². The van der Waals surface area contributed by atoms with E-state index in [4.69, 9.17) is 0 Å². The zero-order valence-corrected chi connectivity index (χ0v) is 26.6. The van der Waals surface area contributed by atoms with Crippen LogP contribution in [0.15, 0.2) is 42.0 Å². The van der Waals surface area contributed by atoms with Crippen molar-refractivity contribution in [3.8, 4) is 0 Å². The van der Waals surface area contributed by atoms with Gasteiger partial charge in [-0.1, -0.05) is 102 Å². The maximum absolute atomic E-state index is 12.5. The molecular formula is C31H52N2O4S2. The summed E-state index contributed by atoms with van der Waals surface area (Å²) in [4.78, 5) is 25.0. The Labute approximate surface area is 242 Å². The Kier molecular flexibility index (Phi) is 17.4. The highest BCUT2D eigenvalue weighted by atomic mass is 32.2. The van der Waals surface area contributed by atoms with Gasteiger partial charge in [-0.3, -0.25) is 14.3 Å². The molecule has 0 fully saturated rings. The zero-order chi connectivity index (χ0) is 29.3.